The van der Waals surface area contributed by atoms with Crippen LogP contribution in [0.15, 0.2) is 24.3 Å². The third-order valence-electron chi connectivity index (χ3n) is 2.14. The van der Waals surface area contributed by atoms with Gasteiger partial charge in [-0.3, -0.25) is 0 Å². The van der Waals surface area contributed by atoms with E-state index < -0.39 is 0 Å². The number of ether oxygens (including phenoxy) is 1. The van der Waals surface area contributed by atoms with Crippen LogP contribution in [0.2, 0.25) is 0 Å². The van der Waals surface area contributed by atoms with Crippen molar-refractivity contribution in [2.75, 3.05) is 38.3 Å². The molecule has 1 rings (SSSR count). The first-order valence-corrected chi connectivity index (χ1v) is 5.49. The largest absolute Gasteiger partial charge is 0.395 e. The molecular formula is C12H19NO3. The van der Waals surface area contributed by atoms with Crippen LogP contribution in [0.3, 0.4) is 0 Å². The van der Waals surface area contributed by atoms with E-state index in [1.165, 1.54) is 5.56 Å². The third kappa shape index (κ3) is 5.11. The lowest BCUT2D eigenvalue weighted by atomic mass is 10.1. The first kappa shape index (κ1) is 13.0. The van der Waals surface area contributed by atoms with Crippen LogP contribution in [-0.4, -0.2) is 43.2 Å². The molecule has 0 fully saturated rings. The highest BCUT2D eigenvalue weighted by Crippen LogP contribution is 2.10. The van der Waals surface area contributed by atoms with Crippen LogP contribution in [0.1, 0.15) is 5.56 Å². The standard InChI is InChI=1S/C12H19NO3/c14-6-5-13-12-3-1-2-11(10-12)4-8-16-9-7-15/h1-3,10,13-15H,4-9H2. The number of aliphatic hydroxyl groups excluding tert-OH is 2. The lowest BCUT2D eigenvalue weighted by Gasteiger charge is -2.07. The van der Waals surface area contributed by atoms with E-state index in [0.29, 0.717) is 19.8 Å². The molecule has 0 saturated heterocycles. The predicted molar refractivity (Wildman–Crippen MR) is 63.6 cm³/mol. The Kier molecular flexibility index (Phi) is 6.56. The van der Waals surface area contributed by atoms with Gasteiger partial charge in [0.25, 0.3) is 0 Å². The number of hydrogen-bond acceptors (Lipinski definition) is 4. The van der Waals surface area contributed by atoms with Crippen molar-refractivity contribution in [1.29, 1.82) is 0 Å². The molecule has 0 aromatic heterocycles. The molecule has 0 aliphatic rings. The van der Waals surface area contributed by atoms with Crippen molar-refractivity contribution in [1.82, 2.24) is 0 Å². The quantitative estimate of drug-likeness (QED) is 0.568. The molecule has 0 heterocycles. The molecule has 16 heavy (non-hydrogen) atoms. The predicted octanol–water partition coefficient (Wildman–Crippen LogP) is 0.642. The number of anilines is 1. The van der Waals surface area contributed by atoms with E-state index in [4.69, 9.17) is 14.9 Å². The number of rotatable bonds is 8. The van der Waals surface area contributed by atoms with Gasteiger partial charge in [0, 0.05) is 12.2 Å². The van der Waals surface area contributed by atoms with Gasteiger partial charge in [0.2, 0.25) is 0 Å². The average molecular weight is 225 g/mol. The van der Waals surface area contributed by atoms with E-state index >= 15 is 0 Å². The number of hydrogen-bond donors (Lipinski definition) is 3. The minimum atomic E-state index is 0.0676. The fourth-order valence-electron chi connectivity index (χ4n) is 1.39. The second kappa shape index (κ2) is 8.10. The molecule has 0 bridgehead atoms. The first-order valence-electron chi connectivity index (χ1n) is 5.49. The van der Waals surface area contributed by atoms with Crippen molar-refractivity contribution in [2.24, 2.45) is 0 Å². The number of benzene rings is 1. The van der Waals surface area contributed by atoms with Crippen molar-refractivity contribution < 1.29 is 14.9 Å². The second-order valence-electron chi connectivity index (χ2n) is 3.44. The summed E-state index contributed by atoms with van der Waals surface area (Å²) < 4.78 is 5.20. The Balaban J connectivity index is 2.35. The van der Waals surface area contributed by atoms with Crippen LogP contribution in [0, 0.1) is 0 Å². The van der Waals surface area contributed by atoms with Crippen molar-refractivity contribution >= 4 is 5.69 Å². The van der Waals surface area contributed by atoms with E-state index in [1.807, 2.05) is 24.3 Å². The van der Waals surface area contributed by atoms with Crippen LogP contribution in [-0.2, 0) is 11.2 Å². The summed E-state index contributed by atoms with van der Waals surface area (Å²) in [6.07, 6.45) is 0.828. The molecule has 4 heteroatoms. The average Bonchev–Trinajstić information content (AvgIpc) is 2.33. The van der Waals surface area contributed by atoms with Gasteiger partial charge in [-0.1, -0.05) is 12.1 Å². The molecule has 0 aliphatic heterocycles. The SMILES string of the molecule is OCCNc1cccc(CCOCCO)c1. The van der Waals surface area contributed by atoms with Gasteiger partial charge in [-0.2, -0.15) is 0 Å². The molecule has 0 saturated carbocycles. The molecule has 90 valence electrons. The summed E-state index contributed by atoms with van der Waals surface area (Å²) >= 11 is 0. The lowest BCUT2D eigenvalue weighted by molar-refractivity contribution is 0.0944. The number of nitrogens with one attached hydrogen (secondary N) is 1. The molecule has 0 unspecified atom stereocenters. The molecule has 4 nitrogen and oxygen atoms in total. The summed E-state index contributed by atoms with van der Waals surface area (Å²) in [5, 5.41) is 20.3. The van der Waals surface area contributed by atoms with Gasteiger partial charge in [0.05, 0.1) is 26.4 Å². The van der Waals surface area contributed by atoms with Crippen LogP contribution in [0.4, 0.5) is 5.69 Å². The van der Waals surface area contributed by atoms with Crippen LogP contribution >= 0.6 is 0 Å². The monoisotopic (exact) mass is 225 g/mol. The zero-order chi connectivity index (χ0) is 11.6. The minimum Gasteiger partial charge on any atom is -0.395 e. The minimum absolute atomic E-state index is 0.0676. The molecule has 3 N–H and O–H groups in total. The topological polar surface area (TPSA) is 61.7 Å². The van der Waals surface area contributed by atoms with Crippen molar-refractivity contribution in [3.8, 4) is 0 Å². The summed E-state index contributed by atoms with van der Waals surface area (Å²) in [5.74, 6) is 0. The maximum atomic E-state index is 8.69. The van der Waals surface area contributed by atoms with E-state index in [1.54, 1.807) is 0 Å². The molecule has 0 atom stereocenters. The van der Waals surface area contributed by atoms with Crippen LogP contribution in [0.5, 0.6) is 0 Å². The van der Waals surface area contributed by atoms with Gasteiger partial charge in [-0.25, -0.2) is 0 Å². The highest BCUT2D eigenvalue weighted by Gasteiger charge is 1.96. The van der Waals surface area contributed by atoms with Crippen molar-refractivity contribution in [3.63, 3.8) is 0 Å². The summed E-state index contributed by atoms with van der Waals surface area (Å²) in [7, 11) is 0. The van der Waals surface area contributed by atoms with Gasteiger partial charge in [0.1, 0.15) is 0 Å². The lowest BCUT2D eigenvalue weighted by Crippen LogP contribution is -2.06. The summed E-state index contributed by atoms with van der Waals surface area (Å²) in [6, 6.07) is 8.01. The Morgan fingerprint density at radius 1 is 1.12 bits per heavy atom. The molecule has 1 aromatic carbocycles. The first-order chi connectivity index (χ1) is 7.86. The summed E-state index contributed by atoms with van der Waals surface area (Å²) in [5.41, 5.74) is 2.19. The fourth-order valence-corrected chi connectivity index (χ4v) is 1.39. The Labute approximate surface area is 95.9 Å². The van der Waals surface area contributed by atoms with Crippen molar-refractivity contribution in [3.05, 3.63) is 29.8 Å². The Hall–Kier alpha value is -1.10. The second-order valence-corrected chi connectivity index (χ2v) is 3.44. The molecule has 0 amide bonds. The van der Waals surface area contributed by atoms with E-state index in [9.17, 15) is 0 Å². The maximum Gasteiger partial charge on any atom is 0.0697 e. The van der Waals surface area contributed by atoms with Gasteiger partial charge >= 0.3 is 0 Å². The third-order valence-corrected chi connectivity index (χ3v) is 2.14. The fraction of sp³-hybridized carbons (Fsp3) is 0.500. The summed E-state index contributed by atoms with van der Waals surface area (Å²) in [6.45, 7) is 1.76. The smallest absolute Gasteiger partial charge is 0.0697 e. The molecule has 1 aromatic rings. The van der Waals surface area contributed by atoms with Gasteiger partial charge < -0.3 is 20.3 Å². The van der Waals surface area contributed by atoms with Crippen LogP contribution in [0.25, 0.3) is 0 Å². The maximum absolute atomic E-state index is 8.69. The number of aliphatic hydroxyl groups is 2. The van der Waals surface area contributed by atoms with Crippen LogP contribution < -0.4 is 5.32 Å². The zero-order valence-electron chi connectivity index (χ0n) is 9.35. The molecule has 0 aliphatic carbocycles. The van der Waals surface area contributed by atoms with E-state index in [2.05, 4.69) is 5.32 Å². The van der Waals surface area contributed by atoms with E-state index in [0.717, 1.165) is 12.1 Å². The highest BCUT2D eigenvalue weighted by molar-refractivity contribution is 5.45. The Morgan fingerprint density at radius 3 is 2.75 bits per heavy atom. The van der Waals surface area contributed by atoms with Gasteiger partial charge in [-0.05, 0) is 24.1 Å². The van der Waals surface area contributed by atoms with Crippen molar-refractivity contribution in [2.45, 2.75) is 6.42 Å². The molecule has 0 radical (unpaired) electrons. The molecular weight excluding hydrogens is 206 g/mol. The highest BCUT2D eigenvalue weighted by atomic mass is 16.5. The summed E-state index contributed by atoms with van der Waals surface area (Å²) in [4.78, 5) is 0. The van der Waals surface area contributed by atoms with Gasteiger partial charge in [0.15, 0.2) is 0 Å². The zero-order valence-corrected chi connectivity index (χ0v) is 9.35. The van der Waals surface area contributed by atoms with E-state index in [-0.39, 0.29) is 13.2 Å². The Bertz CT molecular complexity index is 291. The molecule has 0 spiro atoms. The normalized spacial score (nSPS) is 10.4. The van der Waals surface area contributed by atoms with Gasteiger partial charge in [-0.15, -0.1) is 0 Å². The Morgan fingerprint density at radius 2 is 2.00 bits per heavy atom.